The molecule has 0 atom stereocenters. The summed E-state index contributed by atoms with van der Waals surface area (Å²) in [5.74, 6) is 0. The molecule has 0 saturated heterocycles. The minimum Gasteiger partial charge on any atom is -0.258 e. The lowest BCUT2D eigenvalue weighted by Crippen LogP contribution is -2.26. The first kappa shape index (κ1) is 15.9. The summed E-state index contributed by atoms with van der Waals surface area (Å²) in [6.45, 7) is 0.169. The van der Waals surface area contributed by atoms with Crippen LogP contribution in [-0.4, -0.2) is 19.9 Å². The molecule has 1 N–H and O–H groups in total. The van der Waals surface area contributed by atoms with Gasteiger partial charge in [-0.1, -0.05) is 17.7 Å². The van der Waals surface area contributed by atoms with Gasteiger partial charge in [-0.3, -0.25) is 10.1 Å². The van der Waals surface area contributed by atoms with Gasteiger partial charge in [-0.2, -0.15) is 0 Å². The van der Waals surface area contributed by atoms with Crippen LogP contribution in [0.3, 0.4) is 0 Å². The molecule has 0 aliphatic carbocycles. The van der Waals surface area contributed by atoms with Crippen molar-refractivity contribution in [3.63, 3.8) is 0 Å². The van der Waals surface area contributed by atoms with Gasteiger partial charge in [0.15, 0.2) is 4.90 Å². The summed E-state index contributed by atoms with van der Waals surface area (Å²) in [5.41, 5.74) is -0.536. The van der Waals surface area contributed by atoms with Crippen LogP contribution >= 0.6 is 22.9 Å². The molecule has 2 rings (SSSR count). The van der Waals surface area contributed by atoms with Gasteiger partial charge in [0.05, 0.1) is 4.92 Å². The van der Waals surface area contributed by atoms with Gasteiger partial charge in [0.1, 0.15) is 0 Å². The van der Waals surface area contributed by atoms with Crippen molar-refractivity contribution in [1.29, 1.82) is 0 Å². The number of nitro benzene ring substituents is 1. The van der Waals surface area contributed by atoms with Gasteiger partial charge >= 0.3 is 0 Å². The number of hydrogen-bond donors (Lipinski definition) is 1. The second-order valence-electron chi connectivity index (χ2n) is 4.10. The van der Waals surface area contributed by atoms with Crippen LogP contribution in [0.5, 0.6) is 0 Å². The quantitative estimate of drug-likeness (QED) is 0.643. The first-order valence-corrected chi connectivity index (χ1v) is 8.60. The molecule has 112 valence electrons. The van der Waals surface area contributed by atoms with E-state index in [0.29, 0.717) is 6.42 Å². The number of nitro groups is 1. The van der Waals surface area contributed by atoms with E-state index in [2.05, 4.69) is 4.72 Å². The molecule has 0 aliphatic rings. The van der Waals surface area contributed by atoms with Gasteiger partial charge in [0.25, 0.3) is 5.69 Å². The lowest BCUT2D eigenvalue weighted by atomic mass is 10.3. The number of nitrogens with zero attached hydrogens (tertiary/aromatic N) is 1. The first-order valence-electron chi connectivity index (χ1n) is 5.86. The highest BCUT2D eigenvalue weighted by Gasteiger charge is 2.25. The van der Waals surface area contributed by atoms with Gasteiger partial charge in [-0.15, -0.1) is 11.3 Å². The van der Waals surface area contributed by atoms with E-state index in [0.717, 1.165) is 17.0 Å². The third kappa shape index (κ3) is 4.01. The highest BCUT2D eigenvalue weighted by atomic mass is 35.5. The fourth-order valence-corrected chi connectivity index (χ4v) is 3.76. The van der Waals surface area contributed by atoms with Gasteiger partial charge in [-0.05, 0) is 30.0 Å². The maximum atomic E-state index is 12.1. The highest BCUT2D eigenvalue weighted by molar-refractivity contribution is 7.89. The number of nitrogens with one attached hydrogen (secondary N) is 1. The molecule has 0 radical (unpaired) electrons. The number of thiophene rings is 1. The van der Waals surface area contributed by atoms with Crippen molar-refractivity contribution >= 4 is 38.6 Å². The summed E-state index contributed by atoms with van der Waals surface area (Å²) in [6, 6.07) is 7.23. The Morgan fingerprint density at radius 1 is 1.33 bits per heavy atom. The maximum Gasteiger partial charge on any atom is 0.290 e. The van der Waals surface area contributed by atoms with Gasteiger partial charge in [-0.25, -0.2) is 13.1 Å². The predicted molar refractivity (Wildman–Crippen MR) is 81.3 cm³/mol. The zero-order valence-corrected chi connectivity index (χ0v) is 13.0. The fourth-order valence-electron chi connectivity index (χ4n) is 1.70. The molecule has 1 aromatic heterocycles. The van der Waals surface area contributed by atoms with E-state index in [-0.39, 0.29) is 16.5 Å². The van der Waals surface area contributed by atoms with Crippen LogP contribution in [0.4, 0.5) is 5.69 Å². The minimum atomic E-state index is -3.95. The third-order valence-electron chi connectivity index (χ3n) is 2.65. The van der Waals surface area contributed by atoms with Gasteiger partial charge in [0, 0.05) is 22.5 Å². The standard InChI is InChI=1S/C12H11ClN2O4S2/c13-9-3-4-12(11(8-9)15(16)17)21(18,19)14-6-5-10-2-1-7-20-10/h1-4,7-8,14H,5-6H2. The molecule has 0 aliphatic heterocycles. The molecule has 21 heavy (non-hydrogen) atoms. The van der Waals surface area contributed by atoms with Crippen LogP contribution in [0.1, 0.15) is 4.88 Å². The van der Waals surface area contributed by atoms with Crippen LogP contribution in [0, 0.1) is 10.1 Å². The molecule has 0 amide bonds. The first-order chi connectivity index (χ1) is 9.90. The molecule has 9 heteroatoms. The van der Waals surface area contributed by atoms with E-state index < -0.39 is 20.6 Å². The highest BCUT2D eigenvalue weighted by Crippen LogP contribution is 2.26. The molecule has 1 aromatic carbocycles. The van der Waals surface area contributed by atoms with E-state index >= 15 is 0 Å². The third-order valence-corrected chi connectivity index (χ3v) is 5.33. The van der Waals surface area contributed by atoms with Crippen LogP contribution < -0.4 is 4.72 Å². The fraction of sp³-hybridized carbons (Fsp3) is 0.167. The zero-order valence-electron chi connectivity index (χ0n) is 10.7. The van der Waals surface area contributed by atoms with Crippen molar-refractivity contribution in [2.75, 3.05) is 6.54 Å². The predicted octanol–water partition coefficient (Wildman–Crippen LogP) is 2.83. The summed E-state index contributed by atoms with van der Waals surface area (Å²) in [6.07, 6.45) is 0.526. The monoisotopic (exact) mass is 346 g/mol. The summed E-state index contributed by atoms with van der Waals surface area (Å²) in [7, 11) is -3.95. The van der Waals surface area contributed by atoms with Crippen LogP contribution in [0.2, 0.25) is 5.02 Å². The molecule has 0 unspecified atom stereocenters. The van der Waals surface area contributed by atoms with Crippen molar-refractivity contribution in [2.24, 2.45) is 0 Å². The second kappa shape index (κ2) is 6.52. The Morgan fingerprint density at radius 3 is 2.71 bits per heavy atom. The van der Waals surface area contributed by atoms with Crippen molar-refractivity contribution in [3.8, 4) is 0 Å². The summed E-state index contributed by atoms with van der Waals surface area (Å²) in [4.78, 5) is 10.8. The Morgan fingerprint density at radius 2 is 2.10 bits per heavy atom. The number of sulfonamides is 1. The molecule has 0 spiro atoms. The Kier molecular flexibility index (Phi) is 4.94. The van der Waals surface area contributed by atoms with Crippen LogP contribution in [-0.2, 0) is 16.4 Å². The Bertz CT molecular complexity index is 745. The van der Waals surface area contributed by atoms with E-state index in [1.807, 2.05) is 17.5 Å². The molecule has 0 bridgehead atoms. The molecular formula is C12H11ClN2O4S2. The SMILES string of the molecule is O=[N+]([O-])c1cc(Cl)ccc1S(=O)(=O)NCCc1cccs1. The molecule has 0 fully saturated rings. The normalized spacial score (nSPS) is 11.5. The largest absolute Gasteiger partial charge is 0.290 e. The molecule has 2 aromatic rings. The van der Waals surface area contributed by atoms with Crippen molar-refractivity contribution in [3.05, 3.63) is 55.7 Å². The molecule has 1 heterocycles. The van der Waals surface area contributed by atoms with Crippen LogP contribution in [0.25, 0.3) is 0 Å². The summed E-state index contributed by atoms with van der Waals surface area (Å²) >= 11 is 7.18. The zero-order chi connectivity index (χ0) is 15.5. The average Bonchev–Trinajstić information content (AvgIpc) is 2.91. The smallest absolute Gasteiger partial charge is 0.258 e. The minimum absolute atomic E-state index is 0.110. The molecule has 0 saturated carbocycles. The lowest BCUT2D eigenvalue weighted by molar-refractivity contribution is -0.387. The topological polar surface area (TPSA) is 89.3 Å². The van der Waals surface area contributed by atoms with Crippen molar-refractivity contribution in [2.45, 2.75) is 11.3 Å². The van der Waals surface area contributed by atoms with E-state index in [9.17, 15) is 18.5 Å². The Balaban J connectivity index is 2.17. The van der Waals surface area contributed by atoms with E-state index in [1.165, 1.54) is 17.4 Å². The summed E-state index contributed by atoms with van der Waals surface area (Å²) in [5, 5.41) is 12.9. The average molecular weight is 347 g/mol. The van der Waals surface area contributed by atoms with Crippen LogP contribution in [0.15, 0.2) is 40.6 Å². The van der Waals surface area contributed by atoms with Crippen molar-refractivity contribution < 1.29 is 13.3 Å². The van der Waals surface area contributed by atoms with E-state index in [1.54, 1.807) is 0 Å². The number of benzene rings is 1. The molecule has 6 nitrogen and oxygen atoms in total. The Hall–Kier alpha value is -1.48. The van der Waals surface area contributed by atoms with Crippen molar-refractivity contribution in [1.82, 2.24) is 4.72 Å². The Labute approximate surface area is 130 Å². The summed E-state index contributed by atoms with van der Waals surface area (Å²) < 4.78 is 26.6. The van der Waals surface area contributed by atoms with E-state index in [4.69, 9.17) is 11.6 Å². The lowest BCUT2D eigenvalue weighted by Gasteiger charge is -2.07. The second-order valence-corrected chi connectivity index (χ2v) is 7.30. The van der Waals surface area contributed by atoms with Gasteiger partial charge < -0.3 is 0 Å². The number of hydrogen-bond acceptors (Lipinski definition) is 5. The molecular weight excluding hydrogens is 336 g/mol. The number of halogens is 1. The maximum absolute atomic E-state index is 12.1. The number of rotatable bonds is 6. The van der Waals surface area contributed by atoms with Gasteiger partial charge in [0.2, 0.25) is 10.0 Å².